The first-order chi connectivity index (χ1) is 8.44. The summed E-state index contributed by atoms with van der Waals surface area (Å²) >= 11 is 0. The number of hydrogen-bond donors (Lipinski definition) is 0. The normalized spacial score (nSPS) is 14.6. The van der Waals surface area contributed by atoms with Gasteiger partial charge in [0.05, 0.1) is 6.42 Å². The van der Waals surface area contributed by atoms with E-state index in [0.717, 1.165) is 6.42 Å². The van der Waals surface area contributed by atoms with Crippen LogP contribution in [-0.2, 0) is 19.6 Å². The number of rotatable bonds is 7. The van der Waals surface area contributed by atoms with Crippen molar-refractivity contribution in [3.63, 3.8) is 0 Å². The maximum Gasteiger partial charge on any atom is 0.345 e. The summed E-state index contributed by atoms with van der Waals surface area (Å²) < 4.78 is 0. The molecule has 0 aliphatic carbocycles. The summed E-state index contributed by atoms with van der Waals surface area (Å²) in [5.41, 5.74) is -0.284. The van der Waals surface area contributed by atoms with E-state index in [4.69, 9.17) is 4.89 Å². The van der Waals surface area contributed by atoms with Crippen molar-refractivity contribution in [2.75, 3.05) is 0 Å². The molecule has 0 aliphatic rings. The molecule has 0 aromatic carbocycles. The summed E-state index contributed by atoms with van der Waals surface area (Å²) in [6.07, 6.45) is 1.29. The highest BCUT2D eigenvalue weighted by atomic mass is 17.5. The summed E-state index contributed by atoms with van der Waals surface area (Å²) in [6, 6.07) is 0. The molecular formula is C15H30O4. The summed E-state index contributed by atoms with van der Waals surface area (Å²) in [6.45, 7) is 16.3. The summed E-state index contributed by atoms with van der Waals surface area (Å²) in [5, 5.41) is 4.60. The van der Waals surface area contributed by atoms with E-state index in [9.17, 15) is 4.79 Å². The molecule has 0 aliphatic heterocycles. The topological polar surface area (TPSA) is 44.8 Å². The van der Waals surface area contributed by atoms with Gasteiger partial charge < -0.3 is 0 Å². The van der Waals surface area contributed by atoms with Gasteiger partial charge in [0.1, 0.15) is 5.60 Å². The van der Waals surface area contributed by atoms with E-state index in [1.54, 1.807) is 0 Å². The first-order valence-corrected chi connectivity index (χ1v) is 6.99. The highest BCUT2D eigenvalue weighted by Gasteiger charge is 2.26. The lowest BCUT2D eigenvalue weighted by Gasteiger charge is -2.26. The molecule has 0 amide bonds. The number of carbonyl (C=O) groups is 1. The fraction of sp³-hybridized carbons (Fsp3) is 0.933. The Kier molecular flexibility index (Phi) is 7.01. The Balaban J connectivity index is 3.95. The molecule has 0 spiro atoms. The number of hydrogen-bond acceptors (Lipinski definition) is 4. The second kappa shape index (κ2) is 7.25. The Morgan fingerprint density at radius 3 is 2.00 bits per heavy atom. The molecule has 0 saturated carbocycles. The van der Waals surface area contributed by atoms with Gasteiger partial charge in [-0.15, -0.1) is 0 Å². The molecule has 114 valence electrons. The van der Waals surface area contributed by atoms with E-state index < -0.39 is 11.6 Å². The maximum absolute atomic E-state index is 11.6. The van der Waals surface area contributed by atoms with Gasteiger partial charge in [0.25, 0.3) is 0 Å². The quantitative estimate of drug-likeness (QED) is 0.513. The zero-order valence-corrected chi connectivity index (χ0v) is 13.7. The molecule has 1 unspecified atom stereocenters. The third kappa shape index (κ3) is 9.00. The largest absolute Gasteiger partial charge is 0.345 e. The average Bonchev–Trinajstić information content (AvgIpc) is 2.12. The van der Waals surface area contributed by atoms with Crippen LogP contribution < -0.4 is 0 Å². The minimum atomic E-state index is -0.489. The molecule has 0 rings (SSSR count). The summed E-state index contributed by atoms with van der Waals surface area (Å²) in [7, 11) is 0. The van der Waals surface area contributed by atoms with Crippen LogP contribution in [0, 0.1) is 17.3 Å². The zero-order chi connectivity index (χ0) is 15.3. The third-order valence-electron chi connectivity index (χ3n) is 3.24. The first-order valence-electron chi connectivity index (χ1n) is 6.99. The standard InChI is InChI=1S/C15H30O4/c1-11(2)15(7,8)18-19-17-13(16)9-12(3)10-14(4,5)6/h11-12H,9-10H2,1-8H3. The van der Waals surface area contributed by atoms with E-state index in [0.29, 0.717) is 6.42 Å². The van der Waals surface area contributed by atoms with Crippen molar-refractivity contribution in [3.8, 4) is 0 Å². The Morgan fingerprint density at radius 2 is 1.58 bits per heavy atom. The van der Waals surface area contributed by atoms with E-state index in [1.165, 1.54) is 0 Å². The van der Waals surface area contributed by atoms with Gasteiger partial charge in [0.2, 0.25) is 0 Å². The van der Waals surface area contributed by atoms with Crippen molar-refractivity contribution in [2.24, 2.45) is 17.3 Å². The van der Waals surface area contributed by atoms with Crippen LogP contribution in [0.2, 0.25) is 0 Å². The Labute approximate surface area is 117 Å². The van der Waals surface area contributed by atoms with Crippen molar-refractivity contribution in [1.82, 2.24) is 0 Å². The summed E-state index contributed by atoms with van der Waals surface area (Å²) in [4.78, 5) is 21.3. The monoisotopic (exact) mass is 274 g/mol. The van der Waals surface area contributed by atoms with Gasteiger partial charge in [0, 0.05) is 0 Å². The molecule has 0 aromatic heterocycles. The van der Waals surface area contributed by atoms with Gasteiger partial charge in [-0.1, -0.05) is 41.5 Å². The van der Waals surface area contributed by atoms with Crippen LogP contribution in [0.5, 0.6) is 0 Å². The lowest BCUT2D eigenvalue weighted by Crippen LogP contribution is -2.31. The molecule has 0 aromatic rings. The van der Waals surface area contributed by atoms with Gasteiger partial charge >= 0.3 is 5.97 Å². The van der Waals surface area contributed by atoms with Crippen molar-refractivity contribution < 1.29 is 19.6 Å². The van der Waals surface area contributed by atoms with Crippen LogP contribution in [0.3, 0.4) is 0 Å². The molecule has 0 fully saturated rings. The molecule has 0 N–H and O–H groups in total. The Hall–Kier alpha value is -0.610. The first kappa shape index (κ1) is 18.4. The molecule has 4 nitrogen and oxygen atoms in total. The van der Waals surface area contributed by atoms with Crippen LogP contribution in [0.15, 0.2) is 0 Å². The average molecular weight is 274 g/mol. The van der Waals surface area contributed by atoms with E-state index in [1.807, 2.05) is 34.6 Å². The van der Waals surface area contributed by atoms with E-state index >= 15 is 0 Å². The third-order valence-corrected chi connectivity index (χ3v) is 3.24. The van der Waals surface area contributed by atoms with Crippen LogP contribution in [0.1, 0.15) is 68.2 Å². The van der Waals surface area contributed by atoms with E-state index in [2.05, 4.69) is 30.7 Å². The van der Waals surface area contributed by atoms with Gasteiger partial charge in [-0.2, -0.15) is 4.89 Å². The molecule has 0 heterocycles. The minimum Gasteiger partial charge on any atom is -0.269 e. The van der Waals surface area contributed by atoms with Crippen molar-refractivity contribution in [1.29, 1.82) is 0 Å². The van der Waals surface area contributed by atoms with E-state index in [-0.39, 0.29) is 17.3 Å². The number of carbonyl (C=O) groups excluding carboxylic acids is 1. The zero-order valence-electron chi connectivity index (χ0n) is 13.7. The molecule has 0 bridgehead atoms. The molecular weight excluding hydrogens is 244 g/mol. The fourth-order valence-electron chi connectivity index (χ4n) is 1.67. The molecule has 0 saturated heterocycles. The Morgan fingerprint density at radius 1 is 1.05 bits per heavy atom. The van der Waals surface area contributed by atoms with Crippen LogP contribution in [0.4, 0.5) is 0 Å². The van der Waals surface area contributed by atoms with Gasteiger partial charge in [-0.3, -0.25) is 4.89 Å². The predicted octanol–water partition coefficient (Wildman–Crippen LogP) is 4.29. The van der Waals surface area contributed by atoms with Crippen molar-refractivity contribution in [3.05, 3.63) is 0 Å². The van der Waals surface area contributed by atoms with Crippen LogP contribution >= 0.6 is 0 Å². The van der Waals surface area contributed by atoms with Crippen LogP contribution in [0.25, 0.3) is 0 Å². The SMILES string of the molecule is CC(CC(=O)OOOC(C)(C)C(C)C)CC(C)(C)C. The smallest absolute Gasteiger partial charge is 0.269 e. The highest BCUT2D eigenvalue weighted by molar-refractivity contribution is 5.68. The maximum atomic E-state index is 11.6. The second-order valence-electron chi connectivity index (χ2n) is 7.44. The molecule has 19 heavy (non-hydrogen) atoms. The molecule has 1 atom stereocenters. The van der Waals surface area contributed by atoms with Crippen molar-refractivity contribution in [2.45, 2.75) is 73.8 Å². The summed E-state index contributed by atoms with van der Waals surface area (Å²) in [5.74, 6) is 0.122. The lowest BCUT2D eigenvalue weighted by atomic mass is 9.84. The second-order valence-corrected chi connectivity index (χ2v) is 7.44. The van der Waals surface area contributed by atoms with Gasteiger partial charge in [-0.25, -0.2) is 4.79 Å². The minimum absolute atomic E-state index is 0.205. The molecule has 0 radical (unpaired) electrons. The van der Waals surface area contributed by atoms with Crippen molar-refractivity contribution >= 4 is 5.97 Å². The fourth-order valence-corrected chi connectivity index (χ4v) is 1.67. The van der Waals surface area contributed by atoms with Crippen LogP contribution in [-0.4, -0.2) is 11.6 Å². The van der Waals surface area contributed by atoms with Gasteiger partial charge in [0.15, 0.2) is 0 Å². The highest BCUT2D eigenvalue weighted by Crippen LogP contribution is 2.26. The van der Waals surface area contributed by atoms with Gasteiger partial charge in [-0.05, 0) is 42.6 Å². The molecule has 4 heteroatoms. The lowest BCUT2D eigenvalue weighted by molar-refractivity contribution is -0.521. The Bertz CT molecular complexity index is 276. The predicted molar refractivity (Wildman–Crippen MR) is 75.0 cm³/mol.